The van der Waals surface area contributed by atoms with Crippen molar-refractivity contribution < 1.29 is 37.0 Å². The molecule has 1 aliphatic carbocycles. The average molecular weight is 347 g/mol. The van der Waals surface area contributed by atoms with Gasteiger partial charge in [0, 0.05) is 13.1 Å². The number of carboxylic acids is 1. The third-order valence-corrected chi connectivity index (χ3v) is 4.38. The zero-order valence-electron chi connectivity index (χ0n) is 12.2. The topological polar surface area (TPSA) is 66.8 Å². The monoisotopic (exact) mass is 347 g/mol. The zero-order valence-corrected chi connectivity index (χ0v) is 12.2. The first kappa shape index (κ1) is 16.5. The van der Waals surface area contributed by atoms with Crippen molar-refractivity contribution in [1.82, 2.24) is 4.90 Å². The number of carbonyl (C=O) groups is 2. The number of carboxylic acid groups (broad SMARTS) is 1. The highest BCUT2D eigenvalue weighted by Gasteiger charge is 2.60. The van der Waals surface area contributed by atoms with Gasteiger partial charge in [0.1, 0.15) is 5.75 Å². The Bertz CT molecular complexity index is 669. The van der Waals surface area contributed by atoms with Crippen molar-refractivity contribution in [3.63, 3.8) is 0 Å². The minimum atomic E-state index is -4.71. The van der Waals surface area contributed by atoms with Crippen LogP contribution in [0.2, 0.25) is 0 Å². The molecule has 1 aliphatic heterocycles. The van der Waals surface area contributed by atoms with Crippen LogP contribution in [0.3, 0.4) is 0 Å². The van der Waals surface area contributed by atoms with E-state index in [2.05, 4.69) is 4.74 Å². The third-order valence-electron chi connectivity index (χ3n) is 4.38. The van der Waals surface area contributed by atoms with Crippen molar-refractivity contribution in [3.8, 4) is 5.75 Å². The predicted molar refractivity (Wildman–Crippen MR) is 72.0 cm³/mol. The van der Waals surface area contributed by atoms with Crippen molar-refractivity contribution >= 4 is 11.9 Å². The van der Waals surface area contributed by atoms with Gasteiger partial charge in [-0.25, -0.2) is 0 Å². The number of likely N-dealkylation sites (tertiary alicyclic amines) is 1. The summed E-state index contributed by atoms with van der Waals surface area (Å²) < 4.78 is 54.8. The minimum absolute atomic E-state index is 0.151. The van der Waals surface area contributed by atoms with Crippen molar-refractivity contribution in [2.45, 2.75) is 12.5 Å². The van der Waals surface area contributed by atoms with Gasteiger partial charge in [-0.3, -0.25) is 9.59 Å². The molecule has 1 aromatic carbocycles. The van der Waals surface area contributed by atoms with Gasteiger partial charge in [0.15, 0.2) is 0 Å². The number of ether oxygens (including phenoxy) is 1. The van der Waals surface area contributed by atoms with Crippen LogP contribution in [-0.2, 0) is 4.79 Å². The fourth-order valence-electron chi connectivity index (χ4n) is 3.15. The van der Waals surface area contributed by atoms with Gasteiger partial charge >= 0.3 is 18.5 Å². The molecule has 9 heteroatoms. The van der Waals surface area contributed by atoms with E-state index in [-0.39, 0.29) is 30.5 Å². The second-order valence-electron chi connectivity index (χ2n) is 5.86. The molecular weight excluding hydrogens is 334 g/mol. The van der Waals surface area contributed by atoms with E-state index in [0.29, 0.717) is 0 Å². The highest BCUT2D eigenvalue weighted by Crippen LogP contribution is 2.52. The molecule has 5 nitrogen and oxygen atoms in total. The Balaban J connectivity index is 1.74. The fraction of sp³-hybridized carbons (Fsp3) is 0.467. The van der Waals surface area contributed by atoms with Gasteiger partial charge in [0.05, 0.1) is 11.5 Å². The van der Waals surface area contributed by atoms with E-state index in [1.165, 1.54) is 23.1 Å². The SMILES string of the molecule is O=C(O)C1C2CN(C(=O)c3ccccc3OC(F)(F)C(F)F)CC21. The molecular formula is C15H13F4NO4. The van der Waals surface area contributed by atoms with E-state index in [1.807, 2.05) is 0 Å². The molecule has 2 aliphatic rings. The minimum Gasteiger partial charge on any atom is -0.481 e. The molecule has 1 saturated heterocycles. The van der Waals surface area contributed by atoms with Crippen molar-refractivity contribution in [2.75, 3.05) is 13.1 Å². The molecule has 0 spiro atoms. The second-order valence-corrected chi connectivity index (χ2v) is 5.86. The Kier molecular flexibility index (Phi) is 3.89. The van der Waals surface area contributed by atoms with Crippen LogP contribution in [0.25, 0.3) is 0 Å². The van der Waals surface area contributed by atoms with Crippen molar-refractivity contribution in [2.24, 2.45) is 17.8 Å². The van der Waals surface area contributed by atoms with Crippen molar-refractivity contribution in [1.29, 1.82) is 0 Å². The summed E-state index contributed by atoms with van der Waals surface area (Å²) in [6.45, 7) is 0.389. The molecule has 3 rings (SSSR count). The van der Waals surface area contributed by atoms with Crippen LogP contribution in [-0.4, -0.2) is 47.5 Å². The standard InChI is InChI=1S/C15H13F4NO4/c16-14(17)15(18,19)24-10-4-2-1-3-7(10)12(21)20-5-8-9(6-20)11(8)13(22)23/h1-4,8-9,11,14H,5-6H2,(H,22,23). The normalized spacial score (nSPS) is 25.5. The molecule has 1 saturated carbocycles. The number of aliphatic carboxylic acids is 1. The number of benzene rings is 1. The molecule has 2 atom stereocenters. The van der Waals surface area contributed by atoms with Crippen molar-refractivity contribution in [3.05, 3.63) is 29.8 Å². The van der Waals surface area contributed by atoms with Gasteiger partial charge in [0.2, 0.25) is 0 Å². The third kappa shape index (κ3) is 2.78. The lowest BCUT2D eigenvalue weighted by atomic mass is 10.1. The molecule has 2 unspecified atom stereocenters. The highest BCUT2D eigenvalue weighted by atomic mass is 19.3. The number of rotatable bonds is 5. The molecule has 0 radical (unpaired) electrons. The van der Waals surface area contributed by atoms with E-state index < -0.39 is 36.1 Å². The number of amides is 1. The first-order valence-electron chi connectivity index (χ1n) is 7.18. The Morgan fingerprint density at radius 1 is 1.21 bits per heavy atom. The van der Waals surface area contributed by atoms with Gasteiger partial charge in [-0.05, 0) is 24.0 Å². The lowest BCUT2D eigenvalue weighted by Crippen LogP contribution is -2.36. The number of alkyl halides is 4. The molecule has 0 bridgehead atoms. The molecule has 1 amide bonds. The lowest BCUT2D eigenvalue weighted by molar-refractivity contribution is -0.253. The summed E-state index contributed by atoms with van der Waals surface area (Å²) in [5.41, 5.74) is -0.258. The first-order valence-corrected chi connectivity index (χ1v) is 7.18. The molecule has 130 valence electrons. The van der Waals surface area contributed by atoms with E-state index in [4.69, 9.17) is 5.11 Å². The number of hydrogen-bond acceptors (Lipinski definition) is 3. The van der Waals surface area contributed by atoms with Gasteiger partial charge in [-0.15, -0.1) is 0 Å². The number of para-hydroxylation sites is 1. The summed E-state index contributed by atoms with van der Waals surface area (Å²) in [4.78, 5) is 24.7. The summed E-state index contributed by atoms with van der Waals surface area (Å²) >= 11 is 0. The first-order chi connectivity index (χ1) is 11.2. The Hall–Kier alpha value is -2.32. The van der Waals surface area contributed by atoms with Crippen LogP contribution in [0.4, 0.5) is 17.6 Å². The summed E-state index contributed by atoms with van der Waals surface area (Å²) in [6.07, 6.45) is -8.74. The van der Waals surface area contributed by atoms with E-state index >= 15 is 0 Å². The van der Waals surface area contributed by atoms with Crippen LogP contribution < -0.4 is 4.74 Å². The number of carbonyl (C=O) groups excluding carboxylic acids is 1. The lowest BCUT2D eigenvalue weighted by Gasteiger charge is -2.22. The van der Waals surface area contributed by atoms with E-state index in [9.17, 15) is 27.2 Å². The van der Waals surface area contributed by atoms with Gasteiger partial charge in [-0.2, -0.15) is 17.6 Å². The Morgan fingerprint density at radius 2 is 1.79 bits per heavy atom. The van der Waals surface area contributed by atoms with Crippen LogP contribution in [0.5, 0.6) is 5.75 Å². The second kappa shape index (κ2) is 5.64. The molecule has 2 fully saturated rings. The largest absolute Gasteiger partial charge is 0.481 e. The molecule has 24 heavy (non-hydrogen) atoms. The zero-order chi connectivity index (χ0) is 17.6. The van der Waals surface area contributed by atoms with Crippen LogP contribution in [0.15, 0.2) is 24.3 Å². The number of piperidine rings is 1. The number of nitrogens with zero attached hydrogens (tertiary/aromatic N) is 1. The van der Waals surface area contributed by atoms with Gasteiger partial charge in [0.25, 0.3) is 5.91 Å². The van der Waals surface area contributed by atoms with Crippen LogP contribution in [0.1, 0.15) is 10.4 Å². The van der Waals surface area contributed by atoms with E-state index in [1.54, 1.807) is 0 Å². The average Bonchev–Trinajstić information content (AvgIpc) is 3.02. The Labute approximate surface area is 133 Å². The van der Waals surface area contributed by atoms with E-state index in [0.717, 1.165) is 6.07 Å². The number of halogens is 4. The summed E-state index contributed by atoms with van der Waals surface area (Å²) in [5, 5.41) is 8.95. The summed E-state index contributed by atoms with van der Waals surface area (Å²) in [7, 11) is 0. The van der Waals surface area contributed by atoms with Gasteiger partial charge < -0.3 is 14.7 Å². The Morgan fingerprint density at radius 3 is 2.33 bits per heavy atom. The van der Waals surface area contributed by atoms with Gasteiger partial charge in [-0.1, -0.05) is 12.1 Å². The van der Waals surface area contributed by atoms with Crippen LogP contribution in [0, 0.1) is 17.8 Å². The number of hydrogen-bond donors (Lipinski definition) is 1. The van der Waals surface area contributed by atoms with Crippen LogP contribution >= 0.6 is 0 Å². The molecule has 1 heterocycles. The smallest absolute Gasteiger partial charge is 0.461 e. The maximum absolute atomic E-state index is 13.1. The summed E-state index contributed by atoms with van der Waals surface area (Å²) in [6, 6.07) is 4.91. The highest BCUT2D eigenvalue weighted by molar-refractivity contribution is 5.97. The molecule has 1 aromatic rings. The molecule has 1 N–H and O–H groups in total. The number of fused-ring (bicyclic) bond motifs is 1. The molecule has 0 aromatic heterocycles. The fourth-order valence-corrected chi connectivity index (χ4v) is 3.15. The predicted octanol–water partition coefficient (Wildman–Crippen LogP) is 2.33. The maximum Gasteiger partial charge on any atom is 0.461 e. The maximum atomic E-state index is 13.1. The quantitative estimate of drug-likeness (QED) is 0.830. The summed E-state index contributed by atoms with van der Waals surface area (Å²) in [5.74, 6) is -2.99.